The molecule has 18 heteroatoms. The fourth-order valence-corrected chi connectivity index (χ4v) is 8.94. The maximum Gasteiger partial charge on any atom is 0.294 e. The van der Waals surface area contributed by atoms with E-state index in [1.807, 2.05) is 32.0 Å². The van der Waals surface area contributed by atoms with Gasteiger partial charge in [0.1, 0.15) is 16.2 Å². The molecule has 0 spiro atoms. The number of likely N-dealkylation sites (N-methyl/N-ethyl adjacent to an activating group) is 1. The van der Waals surface area contributed by atoms with Gasteiger partial charge in [0, 0.05) is 57.0 Å². The Morgan fingerprint density at radius 3 is 2.52 bits per heavy atom. The zero-order valence-electron chi connectivity index (χ0n) is 34.1. The maximum atomic E-state index is 16.1. The summed E-state index contributed by atoms with van der Waals surface area (Å²) in [5, 5.41) is 14.3. The Morgan fingerprint density at radius 2 is 1.80 bits per heavy atom. The Labute approximate surface area is 350 Å². The van der Waals surface area contributed by atoms with Gasteiger partial charge in [-0.25, -0.2) is 14.4 Å². The van der Waals surface area contributed by atoms with E-state index in [1.54, 1.807) is 25.5 Å². The zero-order valence-corrected chi connectivity index (χ0v) is 34.9. The molecule has 0 bridgehead atoms. The van der Waals surface area contributed by atoms with Crippen LogP contribution in [0, 0.1) is 11.7 Å². The number of benzene rings is 1. The smallest absolute Gasteiger partial charge is 0.294 e. The van der Waals surface area contributed by atoms with Crippen LogP contribution >= 0.6 is 11.6 Å². The number of halogens is 2. The number of likely N-dealkylation sites (tertiary alicyclic amines) is 1. The van der Waals surface area contributed by atoms with Crippen molar-refractivity contribution in [3.8, 4) is 5.75 Å². The fourth-order valence-electron chi connectivity index (χ4n) is 8.80. The highest BCUT2D eigenvalue weighted by Gasteiger charge is 2.34. The van der Waals surface area contributed by atoms with Crippen LogP contribution in [0.4, 0.5) is 21.8 Å². The molecular formula is C42H49ClFN11O5. The molecule has 0 saturated carbocycles. The van der Waals surface area contributed by atoms with Gasteiger partial charge in [-0.2, -0.15) is 10.1 Å². The summed E-state index contributed by atoms with van der Waals surface area (Å²) in [5.74, 6) is -0.226. The Morgan fingerprint density at radius 1 is 1.03 bits per heavy atom. The van der Waals surface area contributed by atoms with E-state index >= 15 is 4.39 Å². The topological polar surface area (TPSA) is 181 Å². The van der Waals surface area contributed by atoms with Crippen molar-refractivity contribution in [1.82, 2.24) is 44.8 Å². The van der Waals surface area contributed by atoms with Crippen molar-refractivity contribution >= 4 is 68.7 Å². The van der Waals surface area contributed by atoms with Gasteiger partial charge >= 0.3 is 0 Å². The molecule has 316 valence electrons. The number of fused-ring (bicyclic) bond motifs is 2. The number of aromatic nitrogens is 6. The van der Waals surface area contributed by atoms with Crippen molar-refractivity contribution in [2.24, 2.45) is 13.0 Å². The number of hydrogen-bond donors (Lipinski definition) is 3. The van der Waals surface area contributed by atoms with Crippen LogP contribution in [0.15, 0.2) is 41.5 Å². The van der Waals surface area contributed by atoms with Crippen LogP contribution in [0.25, 0.3) is 21.9 Å². The lowest BCUT2D eigenvalue weighted by molar-refractivity contribution is -0.134. The normalized spacial score (nSPS) is 18.4. The molecule has 1 unspecified atom stereocenters. The maximum absolute atomic E-state index is 16.1. The summed E-state index contributed by atoms with van der Waals surface area (Å²) in [6, 6.07) is 6.96. The number of rotatable bonds is 11. The van der Waals surface area contributed by atoms with E-state index in [9.17, 15) is 19.2 Å². The molecule has 5 aromatic rings. The van der Waals surface area contributed by atoms with Crippen molar-refractivity contribution in [3.05, 3.63) is 69.1 Å². The minimum absolute atomic E-state index is 0.0490. The van der Waals surface area contributed by atoms with Crippen LogP contribution in [0.2, 0.25) is 5.02 Å². The number of aryl methyl sites for hydroxylation is 1. The predicted octanol–water partition coefficient (Wildman–Crippen LogP) is 4.93. The SMILES string of the molecule is CNC(=O)COc1cc2cc(Nc3nc(N4CCC(CN5CCC(c6ccc7c(C8CCC(=O)NC8=O)nn(C)c7c6F)CC5)CC4)ncc3Cl)cnc2n(C(C)C)c1=O. The molecular weight excluding hydrogens is 793 g/mol. The zero-order chi connectivity index (χ0) is 42.2. The van der Waals surface area contributed by atoms with Crippen LogP contribution in [-0.4, -0.2) is 98.3 Å². The molecule has 0 radical (unpaired) electrons. The molecule has 4 aromatic heterocycles. The summed E-state index contributed by atoms with van der Waals surface area (Å²) >= 11 is 6.58. The number of carbonyl (C=O) groups is 3. The third kappa shape index (κ3) is 8.24. The fraction of sp³-hybridized carbons (Fsp3) is 0.476. The molecule has 3 saturated heterocycles. The molecule has 3 aliphatic heterocycles. The van der Waals surface area contributed by atoms with Crippen molar-refractivity contribution in [2.75, 3.05) is 56.6 Å². The summed E-state index contributed by atoms with van der Waals surface area (Å²) in [6.45, 7) is 7.80. The van der Waals surface area contributed by atoms with E-state index in [4.69, 9.17) is 21.3 Å². The lowest BCUT2D eigenvalue weighted by Crippen LogP contribution is -2.41. The van der Waals surface area contributed by atoms with Gasteiger partial charge in [-0.15, -0.1) is 0 Å². The lowest BCUT2D eigenvalue weighted by atomic mass is 9.86. The summed E-state index contributed by atoms with van der Waals surface area (Å²) in [7, 11) is 3.21. The summed E-state index contributed by atoms with van der Waals surface area (Å²) < 4.78 is 24.8. The van der Waals surface area contributed by atoms with Crippen LogP contribution in [0.3, 0.4) is 0 Å². The first kappa shape index (κ1) is 41.1. The first-order chi connectivity index (χ1) is 28.9. The first-order valence-corrected chi connectivity index (χ1v) is 20.9. The Hall–Kier alpha value is -5.68. The second-order valence-electron chi connectivity index (χ2n) is 16.3. The summed E-state index contributed by atoms with van der Waals surface area (Å²) in [5.41, 5.74) is 2.32. The van der Waals surface area contributed by atoms with Gasteiger partial charge in [-0.05, 0) is 88.6 Å². The Balaban J connectivity index is 0.871. The van der Waals surface area contributed by atoms with Crippen molar-refractivity contribution < 1.29 is 23.5 Å². The monoisotopic (exact) mass is 841 g/mol. The van der Waals surface area contributed by atoms with E-state index in [1.165, 1.54) is 16.3 Å². The van der Waals surface area contributed by atoms with Gasteiger partial charge in [0.05, 0.1) is 29.7 Å². The number of piperidine rings is 3. The Kier molecular flexibility index (Phi) is 11.7. The standard InChI is InChI=1S/C42H49ClFN11O5/c1-23(2)55-39-26(18-32(41(55)59)60-22-34(57)45-3)17-27(19-46-39)48-38-31(43)20-47-42(50-38)54-15-9-24(10-16-54)21-53-13-11-25(12-14-53)28-5-6-29-36(51-52(4)37(29)35(28)44)30-7-8-33(56)49-40(30)58/h5-6,17-20,23-25,30H,7-16,21-22H2,1-4H3,(H,45,57)(H,47,48,50)(H,49,56,58). The molecule has 8 rings (SSSR count). The quantitative estimate of drug-likeness (QED) is 0.153. The minimum atomic E-state index is -0.575. The number of nitrogens with zero attached hydrogens (tertiary/aromatic N) is 8. The van der Waals surface area contributed by atoms with Crippen molar-refractivity contribution in [3.63, 3.8) is 0 Å². The van der Waals surface area contributed by atoms with E-state index in [-0.39, 0.29) is 59.8 Å². The number of amides is 3. The van der Waals surface area contributed by atoms with E-state index in [2.05, 4.69) is 40.8 Å². The van der Waals surface area contributed by atoms with E-state index in [0.29, 0.717) is 68.0 Å². The van der Waals surface area contributed by atoms with Gasteiger partial charge in [-0.1, -0.05) is 23.7 Å². The van der Waals surface area contributed by atoms with Crippen LogP contribution < -0.4 is 31.1 Å². The van der Waals surface area contributed by atoms with Gasteiger partial charge in [0.25, 0.3) is 11.5 Å². The van der Waals surface area contributed by atoms with Crippen LogP contribution in [0.1, 0.15) is 81.5 Å². The summed E-state index contributed by atoms with van der Waals surface area (Å²) in [6.07, 6.45) is 7.47. The first-order valence-electron chi connectivity index (χ1n) is 20.5. The number of carbonyl (C=O) groups excluding carboxylic acids is 3. The molecule has 0 aliphatic carbocycles. The van der Waals surface area contributed by atoms with E-state index in [0.717, 1.165) is 58.4 Å². The highest BCUT2D eigenvalue weighted by atomic mass is 35.5. The molecule has 16 nitrogen and oxygen atoms in total. The predicted molar refractivity (Wildman–Crippen MR) is 225 cm³/mol. The molecule has 1 aromatic carbocycles. The average molecular weight is 842 g/mol. The van der Waals surface area contributed by atoms with Gasteiger partial charge in [0.2, 0.25) is 17.8 Å². The highest BCUT2D eigenvalue weighted by molar-refractivity contribution is 6.33. The van der Waals surface area contributed by atoms with Gasteiger partial charge in [0.15, 0.2) is 24.0 Å². The number of hydrogen-bond acceptors (Lipinski definition) is 12. The van der Waals surface area contributed by atoms with Gasteiger partial charge < -0.3 is 25.2 Å². The molecule has 3 aliphatic rings. The number of anilines is 3. The molecule has 3 N–H and O–H groups in total. The van der Waals surface area contributed by atoms with Crippen molar-refractivity contribution in [1.29, 1.82) is 0 Å². The van der Waals surface area contributed by atoms with Crippen LogP contribution in [0.5, 0.6) is 5.75 Å². The second kappa shape index (κ2) is 17.1. The largest absolute Gasteiger partial charge is 0.478 e. The minimum Gasteiger partial charge on any atom is -0.478 e. The summed E-state index contributed by atoms with van der Waals surface area (Å²) in [4.78, 5) is 67.9. The van der Waals surface area contributed by atoms with Gasteiger partial charge in [-0.3, -0.25) is 33.7 Å². The molecule has 3 amide bonds. The average Bonchev–Trinajstić information content (AvgIpc) is 3.57. The number of imide groups is 1. The Bertz CT molecular complexity index is 2530. The number of ether oxygens (including phenoxy) is 1. The van der Waals surface area contributed by atoms with Crippen LogP contribution in [-0.2, 0) is 21.4 Å². The third-order valence-corrected chi connectivity index (χ3v) is 12.3. The second-order valence-corrected chi connectivity index (χ2v) is 16.7. The van der Waals surface area contributed by atoms with E-state index < -0.39 is 5.92 Å². The number of nitrogens with one attached hydrogen (secondary N) is 3. The van der Waals surface area contributed by atoms with Crippen molar-refractivity contribution in [2.45, 2.75) is 70.3 Å². The lowest BCUT2D eigenvalue weighted by Gasteiger charge is -2.38. The number of pyridine rings is 2. The highest BCUT2D eigenvalue weighted by Crippen LogP contribution is 2.37. The molecule has 3 fully saturated rings. The third-order valence-electron chi connectivity index (χ3n) is 12.0. The molecule has 7 heterocycles. The molecule has 1 atom stereocenters. The molecule has 60 heavy (non-hydrogen) atoms.